The third-order valence-corrected chi connectivity index (χ3v) is 6.84. The molecule has 1 atom stereocenters. The smallest absolute Gasteiger partial charge is 0.252 e. The zero-order valence-corrected chi connectivity index (χ0v) is 14.4. The van der Waals surface area contributed by atoms with Crippen LogP contribution in [0.15, 0.2) is 28.7 Å². The van der Waals surface area contributed by atoms with E-state index >= 15 is 0 Å². The second-order valence-electron chi connectivity index (χ2n) is 5.16. The van der Waals surface area contributed by atoms with Gasteiger partial charge in [-0.1, -0.05) is 0 Å². The average molecular weight is 355 g/mol. The Morgan fingerprint density at radius 2 is 2.09 bits per heavy atom. The summed E-state index contributed by atoms with van der Waals surface area (Å²) in [7, 11) is -1.94. The molecule has 23 heavy (non-hydrogen) atoms. The highest BCUT2D eigenvalue weighted by Gasteiger charge is 2.34. The molecule has 1 unspecified atom stereocenters. The minimum atomic E-state index is -3.44. The van der Waals surface area contributed by atoms with E-state index in [0.717, 1.165) is 4.88 Å². The summed E-state index contributed by atoms with van der Waals surface area (Å²) in [6.07, 6.45) is 3.34. The maximum Gasteiger partial charge on any atom is 0.252 e. The van der Waals surface area contributed by atoms with E-state index in [1.807, 2.05) is 13.0 Å². The molecule has 0 N–H and O–H groups in total. The molecule has 124 valence electrons. The predicted molar refractivity (Wildman–Crippen MR) is 85.4 cm³/mol. The van der Waals surface area contributed by atoms with Crippen molar-refractivity contribution >= 4 is 21.4 Å². The molecule has 3 rings (SSSR count). The lowest BCUT2D eigenvalue weighted by Crippen LogP contribution is -2.30. The lowest BCUT2D eigenvalue weighted by Gasteiger charge is -2.16. The van der Waals surface area contributed by atoms with Gasteiger partial charge in [-0.15, -0.1) is 11.3 Å². The summed E-state index contributed by atoms with van der Waals surface area (Å²) in [5.41, 5.74) is 0. The fourth-order valence-electron chi connectivity index (χ4n) is 2.35. The van der Waals surface area contributed by atoms with Gasteiger partial charge in [-0.05, 0) is 25.5 Å². The van der Waals surface area contributed by atoms with Gasteiger partial charge in [0.1, 0.15) is 10.3 Å². The molecule has 0 amide bonds. The Bertz CT molecular complexity index is 791. The molecule has 0 spiro atoms. The van der Waals surface area contributed by atoms with Crippen LogP contribution in [0, 0.1) is 6.92 Å². The van der Waals surface area contributed by atoms with Crippen molar-refractivity contribution in [3.8, 4) is 11.8 Å². The zero-order valence-electron chi connectivity index (χ0n) is 12.8. The third-order valence-electron chi connectivity index (χ3n) is 3.50. The molecule has 0 radical (unpaired) electrons. The van der Waals surface area contributed by atoms with Gasteiger partial charge in [-0.2, -0.15) is 9.29 Å². The molecule has 9 heteroatoms. The average Bonchev–Trinajstić information content (AvgIpc) is 3.17. The number of hydrogen-bond acceptors (Lipinski definition) is 7. The van der Waals surface area contributed by atoms with Crippen molar-refractivity contribution in [1.82, 2.24) is 14.3 Å². The number of nitrogens with zero attached hydrogens (tertiary/aromatic N) is 3. The molecular weight excluding hydrogens is 338 g/mol. The highest BCUT2D eigenvalue weighted by molar-refractivity contribution is 7.91. The lowest BCUT2D eigenvalue weighted by atomic mass is 10.3. The Kier molecular flexibility index (Phi) is 4.51. The number of ether oxygens (including phenoxy) is 2. The van der Waals surface area contributed by atoms with E-state index in [1.54, 1.807) is 6.07 Å². The molecule has 3 heterocycles. The first-order valence-electron chi connectivity index (χ1n) is 7.08. The van der Waals surface area contributed by atoms with E-state index in [4.69, 9.17) is 9.47 Å². The van der Waals surface area contributed by atoms with Crippen molar-refractivity contribution in [2.45, 2.75) is 23.7 Å². The van der Waals surface area contributed by atoms with Gasteiger partial charge in [0.25, 0.3) is 10.0 Å². The molecule has 0 aromatic carbocycles. The normalized spacial score (nSPS) is 19.0. The van der Waals surface area contributed by atoms with Crippen LogP contribution in [0.3, 0.4) is 0 Å². The van der Waals surface area contributed by atoms with Gasteiger partial charge < -0.3 is 9.47 Å². The second kappa shape index (κ2) is 6.42. The number of aryl methyl sites for hydroxylation is 1. The van der Waals surface area contributed by atoms with E-state index in [0.29, 0.717) is 35.5 Å². The number of aromatic nitrogens is 2. The van der Waals surface area contributed by atoms with Gasteiger partial charge in [0.05, 0.1) is 26.0 Å². The number of thiophene rings is 1. The van der Waals surface area contributed by atoms with E-state index in [-0.39, 0.29) is 6.10 Å². The summed E-state index contributed by atoms with van der Waals surface area (Å²) in [6, 6.07) is 3.46. The molecule has 1 aliphatic heterocycles. The number of rotatable bonds is 5. The molecule has 7 nitrogen and oxygen atoms in total. The van der Waals surface area contributed by atoms with E-state index < -0.39 is 10.0 Å². The molecule has 1 saturated heterocycles. The van der Waals surface area contributed by atoms with E-state index in [2.05, 4.69) is 9.97 Å². The largest absolute Gasteiger partial charge is 0.480 e. The fraction of sp³-hybridized carbons (Fsp3) is 0.429. The van der Waals surface area contributed by atoms with Crippen LogP contribution >= 0.6 is 11.3 Å². The minimum Gasteiger partial charge on any atom is -0.480 e. The summed E-state index contributed by atoms with van der Waals surface area (Å²) in [5, 5.41) is 0. The molecular formula is C14H17N3O4S2. The summed E-state index contributed by atoms with van der Waals surface area (Å²) in [5.74, 6) is 0.694. The molecule has 1 fully saturated rings. The number of hydrogen-bond donors (Lipinski definition) is 0. The Morgan fingerprint density at radius 1 is 1.30 bits per heavy atom. The van der Waals surface area contributed by atoms with Crippen LogP contribution in [0.1, 0.15) is 11.3 Å². The van der Waals surface area contributed by atoms with Crippen LogP contribution in [0.2, 0.25) is 0 Å². The molecule has 2 aromatic heterocycles. The van der Waals surface area contributed by atoms with Crippen molar-refractivity contribution < 1.29 is 17.9 Å². The Labute approximate surface area is 138 Å². The van der Waals surface area contributed by atoms with Gasteiger partial charge in [0, 0.05) is 11.4 Å². The predicted octanol–water partition coefficient (Wildman–Crippen LogP) is 1.70. The molecule has 0 aliphatic carbocycles. The SMILES string of the molecule is COc1cncc(OC2CCN(S(=O)(=O)c3ccc(C)s3)C2)n1. The maximum absolute atomic E-state index is 12.6. The standard InChI is InChI=1S/C14H17N3O4S2/c1-10-3-4-14(22-10)23(18,19)17-6-5-11(9-17)21-13-8-15-7-12(16-13)20-2/h3-4,7-8,11H,5-6,9H2,1-2H3. The van der Waals surface area contributed by atoms with Crippen molar-refractivity contribution in [3.63, 3.8) is 0 Å². The first-order valence-corrected chi connectivity index (χ1v) is 9.34. The van der Waals surface area contributed by atoms with E-state index in [9.17, 15) is 8.42 Å². The van der Waals surface area contributed by atoms with Gasteiger partial charge >= 0.3 is 0 Å². The van der Waals surface area contributed by atoms with Gasteiger partial charge in [-0.3, -0.25) is 4.98 Å². The van der Waals surface area contributed by atoms with Crippen LogP contribution in [0.4, 0.5) is 0 Å². The van der Waals surface area contributed by atoms with Crippen LogP contribution in [0.25, 0.3) is 0 Å². The molecule has 0 bridgehead atoms. The van der Waals surface area contributed by atoms with Crippen LogP contribution < -0.4 is 9.47 Å². The Balaban J connectivity index is 1.68. The quantitative estimate of drug-likeness (QED) is 0.812. The van der Waals surface area contributed by atoms with Gasteiger partial charge in [0.2, 0.25) is 11.8 Å². The highest BCUT2D eigenvalue weighted by Crippen LogP contribution is 2.28. The minimum absolute atomic E-state index is 0.243. The van der Waals surface area contributed by atoms with Crippen LogP contribution in [0.5, 0.6) is 11.8 Å². The van der Waals surface area contributed by atoms with E-state index in [1.165, 1.54) is 35.1 Å². The zero-order chi connectivity index (χ0) is 16.4. The molecule has 0 saturated carbocycles. The van der Waals surface area contributed by atoms with Gasteiger partial charge in [-0.25, -0.2) is 8.42 Å². The van der Waals surface area contributed by atoms with Crippen LogP contribution in [-0.2, 0) is 10.0 Å². The summed E-state index contributed by atoms with van der Waals surface area (Å²) >= 11 is 1.28. The van der Waals surface area contributed by atoms with Crippen molar-refractivity contribution in [2.75, 3.05) is 20.2 Å². The van der Waals surface area contributed by atoms with Crippen molar-refractivity contribution in [2.24, 2.45) is 0 Å². The van der Waals surface area contributed by atoms with Crippen molar-refractivity contribution in [1.29, 1.82) is 0 Å². The lowest BCUT2D eigenvalue weighted by molar-refractivity contribution is 0.203. The summed E-state index contributed by atoms with van der Waals surface area (Å²) in [4.78, 5) is 9.08. The second-order valence-corrected chi connectivity index (χ2v) is 8.61. The fourth-order valence-corrected chi connectivity index (χ4v) is 5.27. The topological polar surface area (TPSA) is 81.6 Å². The van der Waals surface area contributed by atoms with Crippen molar-refractivity contribution in [3.05, 3.63) is 29.4 Å². The first-order chi connectivity index (χ1) is 11.0. The monoisotopic (exact) mass is 355 g/mol. The maximum atomic E-state index is 12.6. The molecule has 2 aromatic rings. The summed E-state index contributed by atoms with van der Waals surface area (Å²) < 4.78 is 37.7. The number of sulfonamides is 1. The Hall–Kier alpha value is -1.71. The first kappa shape index (κ1) is 16.2. The summed E-state index contributed by atoms with van der Waals surface area (Å²) in [6.45, 7) is 2.63. The van der Waals surface area contributed by atoms with Crippen LogP contribution in [-0.4, -0.2) is 49.0 Å². The molecule has 1 aliphatic rings. The highest BCUT2D eigenvalue weighted by atomic mass is 32.2. The third kappa shape index (κ3) is 3.46. The Morgan fingerprint density at radius 3 is 2.78 bits per heavy atom. The number of methoxy groups -OCH3 is 1. The van der Waals surface area contributed by atoms with Gasteiger partial charge in [0.15, 0.2) is 0 Å².